The Morgan fingerprint density at radius 2 is 1.80 bits per heavy atom. The summed E-state index contributed by atoms with van der Waals surface area (Å²) < 4.78 is 19.8. The summed E-state index contributed by atoms with van der Waals surface area (Å²) in [6.07, 6.45) is 1.42. The topological polar surface area (TPSA) is 78.9 Å². The van der Waals surface area contributed by atoms with E-state index in [-0.39, 0.29) is 22.2 Å². The standard InChI is InChI=1S/C23H13ClFN3O2/c24-19-11-15(10-9-14(19)12-26)28-22(29)16-5-1-2-6-17(16)23-27-13-21(30-23)18-7-3-4-8-20(18)25/h1-11,13H,(H,28,29). The van der Waals surface area contributed by atoms with Crippen LogP contribution >= 0.6 is 11.6 Å². The van der Waals surface area contributed by atoms with E-state index in [0.29, 0.717) is 22.4 Å². The molecule has 3 aromatic carbocycles. The van der Waals surface area contributed by atoms with Gasteiger partial charge in [-0.1, -0.05) is 35.9 Å². The highest BCUT2D eigenvalue weighted by Crippen LogP contribution is 2.30. The van der Waals surface area contributed by atoms with Crippen molar-refractivity contribution in [3.05, 3.63) is 94.9 Å². The van der Waals surface area contributed by atoms with Gasteiger partial charge in [0.2, 0.25) is 5.89 Å². The number of benzene rings is 3. The van der Waals surface area contributed by atoms with E-state index in [1.165, 1.54) is 24.4 Å². The van der Waals surface area contributed by atoms with Crippen LogP contribution in [0.2, 0.25) is 5.02 Å². The van der Waals surface area contributed by atoms with Crippen LogP contribution < -0.4 is 5.32 Å². The van der Waals surface area contributed by atoms with Crippen molar-refractivity contribution in [2.75, 3.05) is 5.32 Å². The van der Waals surface area contributed by atoms with Crippen LogP contribution in [0.25, 0.3) is 22.8 Å². The van der Waals surface area contributed by atoms with E-state index in [4.69, 9.17) is 21.3 Å². The van der Waals surface area contributed by atoms with Gasteiger partial charge >= 0.3 is 0 Å². The second kappa shape index (κ2) is 8.19. The van der Waals surface area contributed by atoms with Gasteiger partial charge in [0.1, 0.15) is 11.9 Å². The smallest absolute Gasteiger partial charge is 0.256 e. The van der Waals surface area contributed by atoms with Gasteiger partial charge in [-0.25, -0.2) is 9.37 Å². The number of amides is 1. The largest absolute Gasteiger partial charge is 0.436 e. The molecule has 1 aromatic heterocycles. The van der Waals surface area contributed by atoms with Gasteiger partial charge in [0, 0.05) is 11.3 Å². The molecule has 0 aliphatic heterocycles. The molecule has 0 aliphatic rings. The van der Waals surface area contributed by atoms with Crippen molar-refractivity contribution in [3.8, 4) is 28.8 Å². The summed E-state index contributed by atoms with van der Waals surface area (Å²) in [5.41, 5.74) is 1.82. The molecule has 146 valence electrons. The van der Waals surface area contributed by atoms with Crippen molar-refractivity contribution in [2.45, 2.75) is 0 Å². The van der Waals surface area contributed by atoms with Gasteiger partial charge in [0.15, 0.2) is 5.76 Å². The van der Waals surface area contributed by atoms with Gasteiger partial charge in [0.05, 0.1) is 27.9 Å². The van der Waals surface area contributed by atoms with Crippen LogP contribution in [-0.2, 0) is 0 Å². The summed E-state index contributed by atoms with van der Waals surface area (Å²) in [5, 5.41) is 12.0. The van der Waals surface area contributed by atoms with Gasteiger partial charge in [-0.15, -0.1) is 0 Å². The zero-order valence-corrected chi connectivity index (χ0v) is 16.2. The molecule has 7 heteroatoms. The third kappa shape index (κ3) is 3.79. The average Bonchev–Trinajstić information content (AvgIpc) is 3.24. The van der Waals surface area contributed by atoms with Crippen LogP contribution in [0.4, 0.5) is 10.1 Å². The number of aromatic nitrogens is 1. The Bertz CT molecular complexity index is 1290. The lowest BCUT2D eigenvalue weighted by Gasteiger charge is -2.09. The van der Waals surface area contributed by atoms with Crippen LogP contribution in [0.3, 0.4) is 0 Å². The fourth-order valence-electron chi connectivity index (χ4n) is 2.93. The minimum atomic E-state index is -0.427. The maximum Gasteiger partial charge on any atom is 0.256 e. The van der Waals surface area contributed by atoms with E-state index in [2.05, 4.69) is 10.3 Å². The van der Waals surface area contributed by atoms with E-state index in [1.807, 2.05) is 6.07 Å². The highest BCUT2D eigenvalue weighted by atomic mass is 35.5. The predicted molar refractivity (Wildman–Crippen MR) is 111 cm³/mol. The molecular formula is C23H13ClFN3O2. The highest BCUT2D eigenvalue weighted by molar-refractivity contribution is 6.32. The highest BCUT2D eigenvalue weighted by Gasteiger charge is 2.18. The number of nitrogens with one attached hydrogen (secondary N) is 1. The van der Waals surface area contributed by atoms with E-state index >= 15 is 0 Å². The van der Waals surface area contributed by atoms with Crippen molar-refractivity contribution in [3.63, 3.8) is 0 Å². The summed E-state index contributed by atoms with van der Waals surface area (Å²) in [5.74, 6) is -0.380. The molecule has 0 saturated heterocycles. The quantitative estimate of drug-likeness (QED) is 0.446. The number of nitrogens with zero attached hydrogens (tertiary/aromatic N) is 2. The maximum absolute atomic E-state index is 14.0. The van der Waals surface area contributed by atoms with Gasteiger partial charge in [-0.05, 0) is 42.5 Å². The molecule has 1 N–H and O–H groups in total. The number of rotatable bonds is 4. The summed E-state index contributed by atoms with van der Waals surface area (Å²) in [7, 11) is 0. The molecule has 4 aromatic rings. The van der Waals surface area contributed by atoms with Crippen molar-refractivity contribution >= 4 is 23.2 Å². The van der Waals surface area contributed by atoms with Crippen LogP contribution in [-0.4, -0.2) is 10.9 Å². The predicted octanol–water partition coefficient (Wildman–Crippen LogP) is 5.93. The van der Waals surface area contributed by atoms with Crippen molar-refractivity contribution < 1.29 is 13.6 Å². The first-order chi connectivity index (χ1) is 14.6. The lowest BCUT2D eigenvalue weighted by atomic mass is 10.1. The van der Waals surface area contributed by atoms with Crippen molar-refractivity contribution in [2.24, 2.45) is 0 Å². The Labute approximate surface area is 176 Å². The zero-order valence-electron chi connectivity index (χ0n) is 15.4. The van der Waals surface area contributed by atoms with Crippen LogP contribution in [0.15, 0.2) is 77.3 Å². The molecule has 0 atom stereocenters. The molecule has 1 heterocycles. The van der Waals surface area contributed by atoms with Crippen LogP contribution in [0.5, 0.6) is 0 Å². The summed E-state index contributed by atoms with van der Waals surface area (Å²) in [6.45, 7) is 0. The fraction of sp³-hybridized carbons (Fsp3) is 0. The SMILES string of the molecule is N#Cc1ccc(NC(=O)c2ccccc2-c2ncc(-c3ccccc3F)o2)cc1Cl. The molecule has 1 amide bonds. The van der Waals surface area contributed by atoms with Crippen LogP contribution in [0, 0.1) is 17.1 Å². The van der Waals surface area contributed by atoms with Gasteiger partial charge < -0.3 is 9.73 Å². The van der Waals surface area contributed by atoms with Crippen LogP contribution in [0.1, 0.15) is 15.9 Å². The Morgan fingerprint density at radius 3 is 2.53 bits per heavy atom. The van der Waals surface area contributed by atoms with Gasteiger partial charge in [0.25, 0.3) is 5.91 Å². The first kappa shape index (κ1) is 19.4. The third-order valence-electron chi connectivity index (χ3n) is 4.39. The van der Waals surface area contributed by atoms with E-state index in [9.17, 15) is 9.18 Å². The Kier molecular flexibility index (Phi) is 5.29. The minimum Gasteiger partial charge on any atom is -0.436 e. The first-order valence-corrected chi connectivity index (χ1v) is 9.26. The molecule has 5 nitrogen and oxygen atoms in total. The number of nitriles is 1. The molecule has 0 bridgehead atoms. The van der Waals surface area contributed by atoms with E-state index in [1.54, 1.807) is 48.5 Å². The first-order valence-electron chi connectivity index (χ1n) is 8.88. The number of oxazole rings is 1. The van der Waals surface area contributed by atoms with Crippen molar-refractivity contribution in [1.82, 2.24) is 4.98 Å². The maximum atomic E-state index is 14.0. The fourth-order valence-corrected chi connectivity index (χ4v) is 3.16. The number of carbonyl (C=O) groups excluding carboxylic acids is 1. The molecule has 0 aliphatic carbocycles. The number of carbonyl (C=O) groups is 1. The molecular weight excluding hydrogens is 405 g/mol. The number of halogens is 2. The minimum absolute atomic E-state index is 0.192. The summed E-state index contributed by atoms with van der Waals surface area (Å²) >= 11 is 6.03. The normalized spacial score (nSPS) is 10.4. The number of anilines is 1. The molecule has 0 spiro atoms. The monoisotopic (exact) mass is 417 g/mol. The summed E-state index contributed by atoms with van der Waals surface area (Å²) in [6, 6.07) is 19.6. The average molecular weight is 418 g/mol. The molecule has 30 heavy (non-hydrogen) atoms. The summed E-state index contributed by atoms with van der Waals surface area (Å²) in [4.78, 5) is 17.1. The number of hydrogen-bond donors (Lipinski definition) is 1. The lowest BCUT2D eigenvalue weighted by Crippen LogP contribution is -2.13. The molecule has 0 fully saturated rings. The molecule has 0 saturated carbocycles. The molecule has 4 rings (SSSR count). The molecule has 0 unspecified atom stereocenters. The second-order valence-corrected chi connectivity index (χ2v) is 6.72. The second-order valence-electron chi connectivity index (χ2n) is 6.32. The number of hydrogen-bond acceptors (Lipinski definition) is 4. The zero-order chi connectivity index (χ0) is 21.1. The van der Waals surface area contributed by atoms with E-state index < -0.39 is 11.7 Å². The van der Waals surface area contributed by atoms with Gasteiger partial charge in [-0.3, -0.25) is 4.79 Å². The molecule has 0 radical (unpaired) electrons. The lowest BCUT2D eigenvalue weighted by molar-refractivity contribution is 0.102. The Hall–Kier alpha value is -3.95. The third-order valence-corrected chi connectivity index (χ3v) is 4.71. The van der Waals surface area contributed by atoms with Crippen molar-refractivity contribution in [1.29, 1.82) is 5.26 Å². The Morgan fingerprint density at radius 1 is 1.07 bits per heavy atom. The Balaban J connectivity index is 1.65. The van der Waals surface area contributed by atoms with E-state index in [0.717, 1.165) is 0 Å². The van der Waals surface area contributed by atoms with Gasteiger partial charge in [-0.2, -0.15) is 5.26 Å².